The molecule has 23 heavy (non-hydrogen) atoms. The molecule has 0 spiro atoms. The van der Waals surface area contributed by atoms with Crippen LogP contribution in [0.5, 0.6) is 0 Å². The minimum Gasteiger partial charge on any atom is -0.303 e. The molecule has 2 aliphatic heterocycles. The molecule has 4 heteroatoms. The van der Waals surface area contributed by atoms with Crippen LogP contribution in [0.4, 0.5) is 0 Å². The van der Waals surface area contributed by atoms with Gasteiger partial charge in [-0.3, -0.25) is 9.58 Å². The van der Waals surface area contributed by atoms with Gasteiger partial charge in [-0.05, 0) is 44.0 Å². The van der Waals surface area contributed by atoms with Crippen molar-refractivity contribution < 1.29 is 0 Å². The Morgan fingerprint density at radius 2 is 1.83 bits per heavy atom. The number of aromatic nitrogens is 2. The lowest BCUT2D eigenvalue weighted by atomic mass is 10.1. The monoisotopic (exact) mass is 310 g/mol. The molecule has 0 aliphatic carbocycles. The quantitative estimate of drug-likeness (QED) is 0.848. The minimum absolute atomic E-state index is 0.512. The van der Waals surface area contributed by atoms with E-state index in [1.54, 1.807) is 0 Å². The molecule has 3 heterocycles. The summed E-state index contributed by atoms with van der Waals surface area (Å²) in [5, 5.41) is 4.60. The summed E-state index contributed by atoms with van der Waals surface area (Å²) in [6, 6.07) is 13.5. The summed E-state index contributed by atoms with van der Waals surface area (Å²) in [5.74, 6) is 0. The maximum Gasteiger partial charge on any atom is 0.0662 e. The Morgan fingerprint density at radius 1 is 1.00 bits per heavy atom. The number of rotatable bonds is 5. The minimum atomic E-state index is 0.512. The summed E-state index contributed by atoms with van der Waals surface area (Å²) in [4.78, 5) is 5.18. The van der Waals surface area contributed by atoms with Crippen LogP contribution in [0.1, 0.15) is 36.6 Å². The third-order valence-electron chi connectivity index (χ3n) is 5.18. The normalized spacial score (nSPS) is 22.3. The van der Waals surface area contributed by atoms with Crippen LogP contribution in [-0.2, 0) is 13.1 Å². The molecule has 1 aromatic carbocycles. The van der Waals surface area contributed by atoms with Gasteiger partial charge in [-0.15, -0.1) is 0 Å². The summed E-state index contributed by atoms with van der Waals surface area (Å²) in [7, 11) is 0. The zero-order valence-electron chi connectivity index (χ0n) is 13.8. The number of fused-ring (bicyclic) bond motifs is 1. The van der Waals surface area contributed by atoms with E-state index in [1.807, 2.05) is 6.20 Å². The molecular weight excluding hydrogens is 284 g/mol. The molecule has 0 amide bonds. The molecule has 1 saturated heterocycles. The molecule has 0 unspecified atom stereocenters. The van der Waals surface area contributed by atoms with Crippen molar-refractivity contribution in [3.8, 4) is 0 Å². The number of likely N-dealkylation sites (tertiary alicyclic amines) is 1. The first-order valence-electron chi connectivity index (χ1n) is 8.89. The van der Waals surface area contributed by atoms with Gasteiger partial charge in [0, 0.05) is 32.4 Å². The molecule has 1 fully saturated rings. The van der Waals surface area contributed by atoms with Gasteiger partial charge in [-0.25, -0.2) is 0 Å². The van der Waals surface area contributed by atoms with Crippen molar-refractivity contribution in [1.29, 1.82) is 0 Å². The summed E-state index contributed by atoms with van der Waals surface area (Å²) in [6.45, 7) is 6.93. The van der Waals surface area contributed by atoms with E-state index in [0.717, 1.165) is 19.6 Å². The van der Waals surface area contributed by atoms with Crippen molar-refractivity contribution in [2.75, 3.05) is 26.2 Å². The molecular formula is C19H26N4. The first-order valence-corrected chi connectivity index (χ1v) is 8.89. The second kappa shape index (κ2) is 6.85. The van der Waals surface area contributed by atoms with Gasteiger partial charge in [0.25, 0.3) is 0 Å². The average molecular weight is 310 g/mol. The predicted octanol–water partition coefficient (Wildman–Crippen LogP) is 2.93. The smallest absolute Gasteiger partial charge is 0.0662 e. The van der Waals surface area contributed by atoms with E-state index in [-0.39, 0.29) is 0 Å². The molecule has 0 radical (unpaired) electrons. The van der Waals surface area contributed by atoms with Gasteiger partial charge in [0.05, 0.1) is 11.7 Å². The van der Waals surface area contributed by atoms with E-state index in [4.69, 9.17) is 0 Å². The fourth-order valence-corrected chi connectivity index (χ4v) is 3.98. The Hall–Kier alpha value is -1.65. The van der Waals surface area contributed by atoms with Crippen molar-refractivity contribution in [3.05, 3.63) is 53.9 Å². The fraction of sp³-hybridized carbons (Fsp3) is 0.526. The molecule has 2 aromatic rings. The Kier molecular flexibility index (Phi) is 4.44. The molecule has 122 valence electrons. The molecule has 1 atom stereocenters. The van der Waals surface area contributed by atoms with Gasteiger partial charge in [0.1, 0.15) is 0 Å². The number of hydrogen-bond acceptors (Lipinski definition) is 3. The first-order chi connectivity index (χ1) is 11.4. The lowest BCUT2D eigenvalue weighted by molar-refractivity contribution is 0.152. The van der Waals surface area contributed by atoms with Crippen LogP contribution in [-0.4, -0.2) is 45.8 Å². The number of hydrogen-bond donors (Lipinski definition) is 0. The zero-order valence-corrected chi connectivity index (χ0v) is 13.8. The van der Waals surface area contributed by atoms with E-state index in [2.05, 4.69) is 56.0 Å². The molecule has 0 saturated carbocycles. The van der Waals surface area contributed by atoms with Crippen molar-refractivity contribution in [2.24, 2.45) is 0 Å². The van der Waals surface area contributed by atoms with Crippen molar-refractivity contribution in [1.82, 2.24) is 19.6 Å². The summed E-state index contributed by atoms with van der Waals surface area (Å²) in [6.07, 6.45) is 5.92. The van der Waals surface area contributed by atoms with Gasteiger partial charge < -0.3 is 4.90 Å². The van der Waals surface area contributed by atoms with E-state index in [9.17, 15) is 0 Å². The number of benzene rings is 1. The Morgan fingerprint density at radius 3 is 2.65 bits per heavy atom. The average Bonchev–Trinajstić information content (AvgIpc) is 3.25. The molecule has 4 rings (SSSR count). The highest BCUT2D eigenvalue weighted by Crippen LogP contribution is 2.25. The maximum absolute atomic E-state index is 4.60. The first kappa shape index (κ1) is 14.9. The largest absolute Gasteiger partial charge is 0.303 e. The predicted molar refractivity (Wildman–Crippen MR) is 92.1 cm³/mol. The second-order valence-electron chi connectivity index (χ2n) is 6.91. The van der Waals surface area contributed by atoms with Gasteiger partial charge in [0.15, 0.2) is 0 Å². The lowest BCUT2D eigenvalue weighted by Crippen LogP contribution is -2.38. The van der Waals surface area contributed by atoms with Crippen LogP contribution >= 0.6 is 0 Å². The van der Waals surface area contributed by atoms with Crippen molar-refractivity contribution >= 4 is 0 Å². The second-order valence-corrected chi connectivity index (χ2v) is 6.91. The summed E-state index contributed by atoms with van der Waals surface area (Å²) < 4.78 is 2.28. The topological polar surface area (TPSA) is 24.3 Å². The Labute approximate surface area is 138 Å². The van der Waals surface area contributed by atoms with Gasteiger partial charge in [-0.2, -0.15) is 5.10 Å². The van der Waals surface area contributed by atoms with Gasteiger partial charge in [-0.1, -0.05) is 30.3 Å². The van der Waals surface area contributed by atoms with Gasteiger partial charge in [0.2, 0.25) is 0 Å². The van der Waals surface area contributed by atoms with E-state index in [0.29, 0.717) is 6.04 Å². The van der Waals surface area contributed by atoms with Crippen LogP contribution in [0.2, 0.25) is 0 Å². The van der Waals surface area contributed by atoms with Gasteiger partial charge >= 0.3 is 0 Å². The van der Waals surface area contributed by atoms with Crippen molar-refractivity contribution in [3.63, 3.8) is 0 Å². The highest BCUT2D eigenvalue weighted by Gasteiger charge is 2.26. The highest BCUT2D eigenvalue weighted by atomic mass is 15.4. The van der Waals surface area contributed by atoms with Crippen LogP contribution in [0.15, 0.2) is 42.6 Å². The van der Waals surface area contributed by atoms with Crippen molar-refractivity contribution in [2.45, 2.75) is 38.4 Å². The highest BCUT2D eigenvalue weighted by molar-refractivity contribution is 5.15. The standard InChI is InChI=1S/C19H26N4/c1-2-6-17(7-3-1)14-22-15-18-8-10-20-23(18)19(16-22)9-13-21-11-4-5-12-21/h1-3,6-8,10,19H,4-5,9,11-16H2/t19-/m0/s1. The molecule has 0 bridgehead atoms. The van der Waals surface area contributed by atoms with Crippen LogP contribution < -0.4 is 0 Å². The Balaban J connectivity index is 1.43. The SMILES string of the molecule is c1ccc(CN2Cc3ccnn3[C@@H](CCN3CCCC3)C2)cc1. The van der Waals surface area contributed by atoms with E-state index in [1.165, 1.54) is 50.2 Å². The van der Waals surface area contributed by atoms with Crippen LogP contribution in [0.25, 0.3) is 0 Å². The van der Waals surface area contributed by atoms with E-state index >= 15 is 0 Å². The van der Waals surface area contributed by atoms with Crippen LogP contribution in [0.3, 0.4) is 0 Å². The van der Waals surface area contributed by atoms with Crippen LogP contribution in [0, 0.1) is 0 Å². The molecule has 0 N–H and O–H groups in total. The van der Waals surface area contributed by atoms with E-state index < -0.39 is 0 Å². The number of nitrogens with zero attached hydrogens (tertiary/aromatic N) is 4. The fourth-order valence-electron chi connectivity index (χ4n) is 3.98. The molecule has 2 aliphatic rings. The third-order valence-corrected chi connectivity index (χ3v) is 5.18. The summed E-state index contributed by atoms with van der Waals surface area (Å²) in [5.41, 5.74) is 2.76. The lowest BCUT2D eigenvalue weighted by Gasteiger charge is -2.34. The maximum atomic E-state index is 4.60. The molecule has 4 nitrogen and oxygen atoms in total. The zero-order chi connectivity index (χ0) is 15.5. The Bertz CT molecular complexity index is 615. The molecule has 1 aromatic heterocycles. The third kappa shape index (κ3) is 3.48. The summed E-state index contributed by atoms with van der Waals surface area (Å²) >= 11 is 0.